The Balaban J connectivity index is 2.84. The average molecular weight is 273 g/mol. The van der Waals surface area contributed by atoms with E-state index in [0.717, 1.165) is 0 Å². The third kappa shape index (κ3) is 4.87. The summed E-state index contributed by atoms with van der Waals surface area (Å²) < 4.78 is 45.4. The number of rotatable bonds is 4. The number of pyridine rings is 1. The molecule has 0 saturated heterocycles. The molecule has 19 heavy (non-hydrogen) atoms. The van der Waals surface area contributed by atoms with Crippen molar-refractivity contribution >= 4 is 5.97 Å². The maximum atomic E-state index is 12.0. The molecule has 0 amide bonds. The van der Waals surface area contributed by atoms with Gasteiger partial charge >= 0.3 is 12.1 Å². The fourth-order valence-corrected chi connectivity index (χ4v) is 1.07. The van der Waals surface area contributed by atoms with Crippen LogP contribution in [-0.4, -0.2) is 29.8 Å². The van der Waals surface area contributed by atoms with Gasteiger partial charge in [-0.15, -0.1) is 6.42 Å². The minimum Gasteiger partial charge on any atom is -0.467 e. The van der Waals surface area contributed by atoms with Gasteiger partial charge in [0.2, 0.25) is 5.88 Å². The lowest BCUT2D eigenvalue weighted by Crippen LogP contribution is -2.21. The SMILES string of the molecule is C#C[C@@H](C)OC(=O)c1cccnc1OCC(F)(F)F. The smallest absolute Gasteiger partial charge is 0.422 e. The van der Waals surface area contributed by atoms with Crippen molar-refractivity contribution in [1.82, 2.24) is 4.98 Å². The summed E-state index contributed by atoms with van der Waals surface area (Å²) in [4.78, 5) is 15.2. The van der Waals surface area contributed by atoms with Crippen molar-refractivity contribution in [3.63, 3.8) is 0 Å². The minimum atomic E-state index is -4.52. The van der Waals surface area contributed by atoms with Crippen LogP contribution < -0.4 is 4.74 Å². The maximum Gasteiger partial charge on any atom is 0.422 e. The fourth-order valence-electron chi connectivity index (χ4n) is 1.07. The lowest BCUT2D eigenvalue weighted by molar-refractivity contribution is -0.154. The van der Waals surface area contributed by atoms with Crippen LogP contribution in [-0.2, 0) is 4.74 Å². The fraction of sp³-hybridized carbons (Fsp3) is 0.333. The molecule has 0 aliphatic rings. The van der Waals surface area contributed by atoms with Gasteiger partial charge < -0.3 is 9.47 Å². The van der Waals surface area contributed by atoms with Crippen molar-refractivity contribution in [2.75, 3.05) is 6.61 Å². The second-order valence-electron chi connectivity index (χ2n) is 3.47. The first-order chi connectivity index (χ1) is 8.83. The lowest BCUT2D eigenvalue weighted by Gasteiger charge is -2.12. The highest BCUT2D eigenvalue weighted by Gasteiger charge is 2.29. The van der Waals surface area contributed by atoms with E-state index in [4.69, 9.17) is 11.2 Å². The molecule has 0 N–H and O–H groups in total. The van der Waals surface area contributed by atoms with E-state index in [9.17, 15) is 18.0 Å². The van der Waals surface area contributed by atoms with E-state index in [-0.39, 0.29) is 5.56 Å². The summed E-state index contributed by atoms with van der Waals surface area (Å²) in [5.74, 6) is 0.814. The highest BCUT2D eigenvalue weighted by atomic mass is 19.4. The van der Waals surface area contributed by atoms with E-state index in [1.807, 2.05) is 0 Å². The Bertz CT molecular complexity index is 494. The molecule has 0 aliphatic carbocycles. The number of halogens is 3. The molecule has 1 rings (SSSR count). The molecule has 0 radical (unpaired) electrons. The predicted molar refractivity (Wildman–Crippen MR) is 59.5 cm³/mol. The van der Waals surface area contributed by atoms with E-state index in [1.165, 1.54) is 25.3 Å². The van der Waals surface area contributed by atoms with Gasteiger partial charge in [-0.3, -0.25) is 0 Å². The first-order valence-corrected chi connectivity index (χ1v) is 5.15. The Labute approximate surface area is 107 Å². The van der Waals surface area contributed by atoms with Crippen LogP contribution in [0.1, 0.15) is 17.3 Å². The van der Waals surface area contributed by atoms with Crippen molar-refractivity contribution < 1.29 is 27.4 Å². The first-order valence-electron chi connectivity index (χ1n) is 5.15. The van der Waals surface area contributed by atoms with Gasteiger partial charge in [0.15, 0.2) is 12.7 Å². The van der Waals surface area contributed by atoms with E-state index < -0.39 is 30.7 Å². The van der Waals surface area contributed by atoms with Crippen LogP contribution in [0.3, 0.4) is 0 Å². The van der Waals surface area contributed by atoms with Crippen molar-refractivity contribution in [3.05, 3.63) is 23.9 Å². The summed E-state index contributed by atoms with van der Waals surface area (Å²) in [6, 6.07) is 2.61. The zero-order valence-electron chi connectivity index (χ0n) is 9.90. The second kappa shape index (κ2) is 6.09. The third-order valence-electron chi connectivity index (χ3n) is 1.88. The van der Waals surface area contributed by atoms with E-state index >= 15 is 0 Å². The Morgan fingerprint density at radius 2 is 2.26 bits per heavy atom. The summed E-state index contributed by atoms with van der Waals surface area (Å²) in [7, 11) is 0. The number of hydrogen-bond acceptors (Lipinski definition) is 4. The van der Waals surface area contributed by atoms with Crippen molar-refractivity contribution in [1.29, 1.82) is 0 Å². The Morgan fingerprint density at radius 1 is 1.58 bits per heavy atom. The molecule has 0 bridgehead atoms. The normalized spacial score (nSPS) is 12.4. The summed E-state index contributed by atoms with van der Waals surface area (Å²) in [6.45, 7) is -0.0977. The molecule has 0 saturated carbocycles. The Morgan fingerprint density at radius 3 is 2.84 bits per heavy atom. The Kier molecular flexibility index (Phi) is 4.75. The lowest BCUT2D eigenvalue weighted by atomic mass is 10.2. The van der Waals surface area contributed by atoms with Crippen LogP contribution in [0, 0.1) is 12.3 Å². The van der Waals surface area contributed by atoms with Crippen LogP contribution in [0.2, 0.25) is 0 Å². The molecule has 0 fully saturated rings. The molecular formula is C12H10F3NO3. The standard InChI is InChI=1S/C12H10F3NO3/c1-3-8(2)19-11(17)9-5-4-6-16-10(9)18-7-12(13,14)15/h1,4-6,8H,7H2,2H3/t8-/m1/s1. The first kappa shape index (κ1) is 14.8. The van der Waals surface area contributed by atoms with E-state index in [2.05, 4.69) is 15.6 Å². The van der Waals surface area contributed by atoms with Crippen molar-refractivity contribution in [2.24, 2.45) is 0 Å². The number of terminal acetylenes is 1. The van der Waals surface area contributed by atoms with Crippen LogP contribution in [0.4, 0.5) is 13.2 Å². The molecular weight excluding hydrogens is 263 g/mol. The molecule has 1 atom stereocenters. The van der Waals surface area contributed by atoms with Gasteiger partial charge in [-0.25, -0.2) is 9.78 Å². The predicted octanol–water partition coefficient (Wildman–Crippen LogP) is 2.20. The number of ether oxygens (including phenoxy) is 2. The van der Waals surface area contributed by atoms with Crippen LogP contribution >= 0.6 is 0 Å². The third-order valence-corrected chi connectivity index (χ3v) is 1.88. The maximum absolute atomic E-state index is 12.0. The largest absolute Gasteiger partial charge is 0.467 e. The number of alkyl halides is 3. The Hall–Kier alpha value is -2.23. The van der Waals surface area contributed by atoms with Crippen LogP contribution in [0.5, 0.6) is 5.88 Å². The van der Waals surface area contributed by atoms with Crippen LogP contribution in [0.25, 0.3) is 0 Å². The van der Waals surface area contributed by atoms with Crippen molar-refractivity contribution in [2.45, 2.75) is 19.2 Å². The van der Waals surface area contributed by atoms with Gasteiger partial charge in [-0.2, -0.15) is 13.2 Å². The van der Waals surface area contributed by atoms with E-state index in [0.29, 0.717) is 0 Å². The summed E-state index contributed by atoms with van der Waals surface area (Å²) in [6.07, 6.45) is 0.905. The second-order valence-corrected chi connectivity index (χ2v) is 3.47. The molecule has 102 valence electrons. The molecule has 1 aromatic rings. The van der Waals surface area contributed by atoms with Gasteiger partial charge in [-0.1, -0.05) is 5.92 Å². The average Bonchev–Trinajstić information content (AvgIpc) is 2.35. The summed E-state index contributed by atoms with van der Waals surface area (Å²) in [5.41, 5.74) is -0.214. The molecule has 7 heteroatoms. The number of esters is 1. The van der Waals surface area contributed by atoms with Gasteiger partial charge in [0, 0.05) is 6.20 Å². The highest BCUT2D eigenvalue weighted by Crippen LogP contribution is 2.20. The summed E-state index contributed by atoms with van der Waals surface area (Å²) in [5, 5.41) is 0. The van der Waals surface area contributed by atoms with Gasteiger partial charge in [0.25, 0.3) is 0 Å². The molecule has 1 heterocycles. The van der Waals surface area contributed by atoms with E-state index in [1.54, 1.807) is 0 Å². The number of carbonyl (C=O) groups excluding carboxylic acids is 1. The van der Waals surface area contributed by atoms with Crippen molar-refractivity contribution in [3.8, 4) is 18.2 Å². The van der Waals surface area contributed by atoms with Gasteiger partial charge in [-0.05, 0) is 19.1 Å². The number of carbonyl (C=O) groups is 1. The number of nitrogens with zero attached hydrogens (tertiary/aromatic N) is 1. The summed E-state index contributed by atoms with van der Waals surface area (Å²) >= 11 is 0. The monoisotopic (exact) mass is 273 g/mol. The highest BCUT2D eigenvalue weighted by molar-refractivity contribution is 5.92. The number of aromatic nitrogens is 1. The molecule has 1 aromatic heterocycles. The minimum absolute atomic E-state index is 0.214. The molecule has 4 nitrogen and oxygen atoms in total. The number of hydrogen-bond donors (Lipinski definition) is 0. The van der Waals surface area contributed by atoms with Gasteiger partial charge in [0.1, 0.15) is 5.56 Å². The zero-order chi connectivity index (χ0) is 14.5. The molecule has 0 aromatic carbocycles. The van der Waals surface area contributed by atoms with Gasteiger partial charge in [0.05, 0.1) is 0 Å². The topological polar surface area (TPSA) is 48.4 Å². The zero-order valence-corrected chi connectivity index (χ0v) is 9.90. The molecule has 0 aliphatic heterocycles. The molecule has 0 unspecified atom stereocenters. The molecule has 0 spiro atoms. The quantitative estimate of drug-likeness (QED) is 0.623. The van der Waals surface area contributed by atoms with Crippen LogP contribution in [0.15, 0.2) is 18.3 Å².